The molecule has 0 spiro atoms. The maximum atomic E-state index is 12.3. The minimum Gasteiger partial charge on any atom is -0.322 e. The minimum absolute atomic E-state index is 0.0812. The van der Waals surface area contributed by atoms with E-state index < -0.39 is 0 Å². The van der Waals surface area contributed by atoms with Gasteiger partial charge in [-0.1, -0.05) is 46.3 Å². The summed E-state index contributed by atoms with van der Waals surface area (Å²) in [4.78, 5) is 14.4. The molecule has 3 nitrogen and oxygen atoms in total. The fraction of sp³-hybridized carbons (Fsp3) is 0.235. The summed E-state index contributed by atoms with van der Waals surface area (Å²) >= 11 is 3.40. The molecule has 21 heavy (non-hydrogen) atoms. The van der Waals surface area contributed by atoms with Crippen LogP contribution in [0.2, 0.25) is 0 Å². The smallest absolute Gasteiger partial charge is 0.255 e. The molecular formula is C17H19BrN2O. The molecule has 2 aromatic carbocycles. The Kier molecular flexibility index (Phi) is 5.53. The Morgan fingerprint density at radius 1 is 1.10 bits per heavy atom. The highest BCUT2D eigenvalue weighted by atomic mass is 79.9. The topological polar surface area (TPSA) is 32.3 Å². The molecule has 0 bridgehead atoms. The van der Waals surface area contributed by atoms with Gasteiger partial charge in [0.1, 0.15) is 0 Å². The fourth-order valence-electron chi connectivity index (χ4n) is 2.06. The second-order valence-electron chi connectivity index (χ2n) is 5.18. The zero-order valence-corrected chi connectivity index (χ0v) is 13.9. The van der Waals surface area contributed by atoms with Gasteiger partial charge in [-0.05, 0) is 43.4 Å². The summed E-state index contributed by atoms with van der Waals surface area (Å²) in [6.45, 7) is 0.791. The normalized spacial score (nSPS) is 10.7. The number of alkyl halides is 1. The third-order valence-corrected chi connectivity index (χ3v) is 3.77. The first kappa shape index (κ1) is 15.7. The zero-order valence-electron chi connectivity index (χ0n) is 12.3. The van der Waals surface area contributed by atoms with Crippen LogP contribution in [0.1, 0.15) is 21.5 Å². The number of carbonyl (C=O) groups is 1. The van der Waals surface area contributed by atoms with Crippen LogP contribution < -0.4 is 5.32 Å². The van der Waals surface area contributed by atoms with Gasteiger partial charge in [-0.25, -0.2) is 0 Å². The van der Waals surface area contributed by atoms with Crippen molar-refractivity contribution in [2.75, 3.05) is 19.4 Å². The lowest BCUT2D eigenvalue weighted by Crippen LogP contribution is -2.16. The molecule has 0 fully saturated rings. The molecule has 0 unspecified atom stereocenters. The van der Waals surface area contributed by atoms with E-state index in [1.165, 1.54) is 0 Å². The molecule has 1 N–H and O–H groups in total. The summed E-state index contributed by atoms with van der Waals surface area (Å²) in [7, 11) is 4.02. The summed E-state index contributed by atoms with van der Waals surface area (Å²) in [5.41, 5.74) is 3.78. The van der Waals surface area contributed by atoms with Gasteiger partial charge in [0, 0.05) is 23.1 Å². The molecule has 0 aliphatic rings. The van der Waals surface area contributed by atoms with Crippen LogP contribution in [0.3, 0.4) is 0 Å². The fourth-order valence-corrected chi connectivity index (χ4v) is 2.43. The van der Waals surface area contributed by atoms with Crippen LogP contribution in [0.25, 0.3) is 0 Å². The monoisotopic (exact) mass is 346 g/mol. The van der Waals surface area contributed by atoms with Crippen molar-refractivity contribution >= 4 is 27.5 Å². The van der Waals surface area contributed by atoms with Gasteiger partial charge in [0.15, 0.2) is 0 Å². The second-order valence-corrected chi connectivity index (χ2v) is 5.74. The molecule has 0 saturated heterocycles. The number of nitrogens with one attached hydrogen (secondary N) is 1. The summed E-state index contributed by atoms with van der Waals surface area (Å²) in [5, 5.41) is 3.78. The first-order chi connectivity index (χ1) is 10.1. The molecule has 0 radical (unpaired) electrons. The number of hydrogen-bond donors (Lipinski definition) is 1. The molecule has 2 rings (SSSR count). The van der Waals surface area contributed by atoms with Crippen LogP contribution in [0.15, 0.2) is 48.5 Å². The first-order valence-corrected chi connectivity index (χ1v) is 7.91. The Bertz CT molecular complexity index is 608. The van der Waals surface area contributed by atoms with Gasteiger partial charge in [0.05, 0.1) is 0 Å². The number of benzene rings is 2. The molecule has 4 heteroatoms. The van der Waals surface area contributed by atoms with Crippen molar-refractivity contribution in [2.24, 2.45) is 0 Å². The van der Waals surface area contributed by atoms with Crippen LogP contribution in [0, 0.1) is 0 Å². The Labute approximate surface area is 134 Å². The highest BCUT2D eigenvalue weighted by molar-refractivity contribution is 9.08. The number of halogens is 1. The average Bonchev–Trinajstić information content (AvgIpc) is 2.49. The molecule has 0 aliphatic heterocycles. The van der Waals surface area contributed by atoms with E-state index in [9.17, 15) is 4.79 Å². The molecule has 1 amide bonds. The Balaban J connectivity index is 2.15. The number of hydrogen-bond acceptors (Lipinski definition) is 2. The van der Waals surface area contributed by atoms with E-state index in [2.05, 4.69) is 26.1 Å². The highest BCUT2D eigenvalue weighted by Gasteiger charge is 2.09. The van der Waals surface area contributed by atoms with E-state index in [0.29, 0.717) is 5.56 Å². The van der Waals surface area contributed by atoms with Gasteiger partial charge in [-0.2, -0.15) is 0 Å². The number of anilines is 1. The Morgan fingerprint density at radius 3 is 2.38 bits per heavy atom. The average molecular weight is 347 g/mol. The largest absolute Gasteiger partial charge is 0.322 e. The number of nitrogens with zero attached hydrogens (tertiary/aromatic N) is 1. The van der Waals surface area contributed by atoms with Gasteiger partial charge in [-0.15, -0.1) is 0 Å². The molecule has 110 valence electrons. The highest BCUT2D eigenvalue weighted by Crippen LogP contribution is 2.18. The van der Waals surface area contributed by atoms with Crippen molar-refractivity contribution in [3.05, 3.63) is 65.2 Å². The Hall–Kier alpha value is -1.65. The van der Waals surface area contributed by atoms with Gasteiger partial charge in [-0.3, -0.25) is 4.79 Å². The third-order valence-electron chi connectivity index (χ3n) is 3.12. The quantitative estimate of drug-likeness (QED) is 0.832. The van der Waals surface area contributed by atoms with E-state index in [4.69, 9.17) is 0 Å². The van der Waals surface area contributed by atoms with Crippen molar-refractivity contribution in [1.82, 2.24) is 4.90 Å². The van der Waals surface area contributed by atoms with Crippen LogP contribution in [-0.4, -0.2) is 24.9 Å². The van der Waals surface area contributed by atoms with Gasteiger partial charge in [0.25, 0.3) is 5.91 Å². The molecule has 0 atom stereocenters. The zero-order chi connectivity index (χ0) is 15.2. The van der Waals surface area contributed by atoms with Crippen molar-refractivity contribution < 1.29 is 4.79 Å². The van der Waals surface area contributed by atoms with E-state index in [1.54, 1.807) is 0 Å². The summed E-state index contributed by atoms with van der Waals surface area (Å²) in [5.74, 6) is -0.0812. The lowest BCUT2D eigenvalue weighted by molar-refractivity contribution is 0.102. The van der Waals surface area contributed by atoms with Crippen LogP contribution in [-0.2, 0) is 11.9 Å². The van der Waals surface area contributed by atoms with Gasteiger partial charge in [0.2, 0.25) is 0 Å². The van der Waals surface area contributed by atoms with Crippen molar-refractivity contribution in [3.63, 3.8) is 0 Å². The molecule has 0 aliphatic carbocycles. The number of rotatable bonds is 5. The van der Waals surface area contributed by atoms with Crippen LogP contribution >= 0.6 is 15.9 Å². The Morgan fingerprint density at radius 2 is 1.76 bits per heavy atom. The van der Waals surface area contributed by atoms with Crippen LogP contribution in [0.5, 0.6) is 0 Å². The molecule has 2 aromatic rings. The first-order valence-electron chi connectivity index (χ1n) is 6.79. The van der Waals surface area contributed by atoms with E-state index in [1.807, 2.05) is 62.6 Å². The standard InChI is InChI=1S/C17H19BrN2O/c1-20(2)12-15-5-3-4-6-16(15)19-17(21)14-9-7-13(11-18)8-10-14/h3-10H,11-12H2,1-2H3,(H,19,21). The molecule has 0 aromatic heterocycles. The summed E-state index contributed by atoms with van der Waals surface area (Å²) < 4.78 is 0. The predicted molar refractivity (Wildman–Crippen MR) is 90.9 cm³/mol. The number of carbonyl (C=O) groups excluding carboxylic acids is 1. The lowest BCUT2D eigenvalue weighted by atomic mass is 10.1. The van der Waals surface area contributed by atoms with E-state index >= 15 is 0 Å². The maximum Gasteiger partial charge on any atom is 0.255 e. The van der Waals surface area contributed by atoms with E-state index in [0.717, 1.165) is 28.7 Å². The summed E-state index contributed by atoms with van der Waals surface area (Å²) in [6, 6.07) is 15.5. The van der Waals surface area contributed by atoms with Crippen molar-refractivity contribution in [1.29, 1.82) is 0 Å². The van der Waals surface area contributed by atoms with Crippen LogP contribution in [0.4, 0.5) is 5.69 Å². The van der Waals surface area contributed by atoms with Gasteiger partial charge >= 0.3 is 0 Å². The molecule has 0 saturated carbocycles. The third kappa shape index (κ3) is 4.41. The van der Waals surface area contributed by atoms with Gasteiger partial charge < -0.3 is 10.2 Å². The minimum atomic E-state index is -0.0812. The number of para-hydroxylation sites is 1. The second kappa shape index (κ2) is 7.38. The maximum absolute atomic E-state index is 12.3. The lowest BCUT2D eigenvalue weighted by Gasteiger charge is -2.15. The van der Waals surface area contributed by atoms with E-state index in [-0.39, 0.29) is 5.91 Å². The molecular weight excluding hydrogens is 328 g/mol. The van der Waals surface area contributed by atoms with Crippen molar-refractivity contribution in [3.8, 4) is 0 Å². The number of amides is 1. The SMILES string of the molecule is CN(C)Cc1ccccc1NC(=O)c1ccc(CBr)cc1. The summed E-state index contributed by atoms with van der Waals surface area (Å²) in [6.07, 6.45) is 0. The predicted octanol–water partition coefficient (Wildman–Crippen LogP) is 3.90. The molecule has 0 heterocycles. The van der Waals surface area contributed by atoms with Crippen molar-refractivity contribution in [2.45, 2.75) is 11.9 Å².